The Morgan fingerprint density at radius 2 is 2.00 bits per heavy atom. The van der Waals surface area contributed by atoms with Gasteiger partial charge in [0, 0.05) is 17.5 Å². The van der Waals surface area contributed by atoms with E-state index in [0.29, 0.717) is 0 Å². The van der Waals surface area contributed by atoms with Crippen molar-refractivity contribution < 1.29 is 0 Å². The van der Waals surface area contributed by atoms with Crippen LogP contribution >= 0.6 is 11.3 Å². The van der Waals surface area contributed by atoms with Crippen LogP contribution in [0.2, 0.25) is 0 Å². The molecular weight excluding hydrogens is 288 g/mol. The first-order valence-electron chi connectivity index (χ1n) is 7.50. The summed E-state index contributed by atoms with van der Waals surface area (Å²) in [6, 6.07) is 14.7. The molecule has 1 heterocycles. The lowest BCUT2D eigenvalue weighted by Gasteiger charge is -2.03. The maximum atomic E-state index is 5.49. The topological polar surface area (TPSA) is 38.9 Å². The first kappa shape index (κ1) is 14.8. The van der Waals surface area contributed by atoms with Gasteiger partial charge < -0.3 is 5.73 Å². The number of fused-ring (bicyclic) bond motifs is 1. The summed E-state index contributed by atoms with van der Waals surface area (Å²) in [7, 11) is 0. The lowest BCUT2D eigenvalue weighted by atomic mass is 10.0. The third-order valence-electron chi connectivity index (χ3n) is 3.52. The van der Waals surface area contributed by atoms with Crippen molar-refractivity contribution in [2.45, 2.75) is 19.3 Å². The highest BCUT2D eigenvalue weighted by molar-refractivity contribution is 7.16. The van der Waals surface area contributed by atoms with Crippen LogP contribution in [0.25, 0.3) is 21.3 Å². The number of benzene rings is 2. The number of thiazole rings is 1. The van der Waals surface area contributed by atoms with Crippen molar-refractivity contribution in [1.82, 2.24) is 4.98 Å². The largest absolute Gasteiger partial charge is 0.330 e. The quantitative estimate of drug-likeness (QED) is 0.571. The normalized spacial score (nSPS) is 10.4. The van der Waals surface area contributed by atoms with E-state index in [2.05, 4.69) is 59.3 Å². The van der Waals surface area contributed by atoms with Gasteiger partial charge in [-0.2, -0.15) is 0 Å². The Hall–Kier alpha value is -2.15. The van der Waals surface area contributed by atoms with Gasteiger partial charge in [-0.05, 0) is 43.1 Å². The second-order valence-electron chi connectivity index (χ2n) is 5.13. The summed E-state index contributed by atoms with van der Waals surface area (Å²) >= 11 is 1.67. The Labute approximate surface area is 135 Å². The minimum atomic E-state index is 0.745. The van der Waals surface area contributed by atoms with Gasteiger partial charge in [0.25, 0.3) is 0 Å². The maximum Gasteiger partial charge on any atom is 0.0890 e. The zero-order valence-electron chi connectivity index (χ0n) is 12.4. The van der Waals surface area contributed by atoms with Gasteiger partial charge in [-0.25, -0.2) is 4.98 Å². The molecule has 0 fully saturated rings. The van der Waals surface area contributed by atoms with Gasteiger partial charge in [0.1, 0.15) is 0 Å². The van der Waals surface area contributed by atoms with E-state index in [1.165, 1.54) is 15.8 Å². The number of para-hydroxylation sites is 1. The highest BCUT2D eigenvalue weighted by Crippen LogP contribution is 2.29. The van der Waals surface area contributed by atoms with Crippen molar-refractivity contribution in [3.63, 3.8) is 0 Å². The molecule has 2 nitrogen and oxygen atoms in total. The lowest BCUT2D eigenvalue weighted by Crippen LogP contribution is -1.96. The van der Waals surface area contributed by atoms with Crippen molar-refractivity contribution in [2.75, 3.05) is 6.54 Å². The average molecular weight is 306 g/mol. The van der Waals surface area contributed by atoms with Crippen LogP contribution in [0.4, 0.5) is 0 Å². The van der Waals surface area contributed by atoms with Crippen molar-refractivity contribution in [3.05, 3.63) is 53.5 Å². The Kier molecular flexibility index (Phi) is 4.85. The molecule has 0 bridgehead atoms. The third kappa shape index (κ3) is 3.36. The maximum absolute atomic E-state index is 5.49. The van der Waals surface area contributed by atoms with Crippen LogP contribution in [0.1, 0.15) is 24.8 Å². The molecule has 22 heavy (non-hydrogen) atoms. The standard InChI is InChI=1S/C19H18N2S/c20-12-4-2-1-3-7-15-8-5-9-16(13-15)17-10-6-11-18-19(17)21-14-22-18/h5-6,8-11,13-14H,1-2,4,12,20H2. The monoisotopic (exact) mass is 306 g/mol. The van der Waals surface area contributed by atoms with Crippen molar-refractivity contribution in [2.24, 2.45) is 5.73 Å². The summed E-state index contributed by atoms with van der Waals surface area (Å²) < 4.78 is 1.22. The van der Waals surface area contributed by atoms with E-state index in [1.54, 1.807) is 11.3 Å². The molecule has 2 N–H and O–H groups in total. The van der Waals surface area contributed by atoms with Crippen LogP contribution in [0.3, 0.4) is 0 Å². The molecule has 0 aliphatic carbocycles. The molecule has 0 aliphatic heterocycles. The minimum Gasteiger partial charge on any atom is -0.330 e. The molecule has 3 heteroatoms. The van der Waals surface area contributed by atoms with Gasteiger partial charge >= 0.3 is 0 Å². The molecule has 0 spiro atoms. The van der Waals surface area contributed by atoms with E-state index in [1.807, 2.05) is 5.51 Å². The molecule has 0 radical (unpaired) electrons. The molecule has 3 aromatic rings. The Balaban J connectivity index is 1.86. The van der Waals surface area contributed by atoms with E-state index < -0.39 is 0 Å². The summed E-state index contributed by atoms with van der Waals surface area (Å²) in [6.07, 6.45) is 3.02. The van der Waals surface area contributed by atoms with Crippen molar-refractivity contribution in [1.29, 1.82) is 0 Å². The minimum absolute atomic E-state index is 0.745. The van der Waals surface area contributed by atoms with Crippen LogP contribution < -0.4 is 5.73 Å². The molecule has 0 saturated carbocycles. The highest BCUT2D eigenvalue weighted by atomic mass is 32.1. The summed E-state index contributed by atoms with van der Waals surface area (Å²) in [4.78, 5) is 4.49. The fourth-order valence-electron chi connectivity index (χ4n) is 2.41. The van der Waals surface area contributed by atoms with E-state index in [0.717, 1.165) is 36.9 Å². The first-order chi connectivity index (χ1) is 10.9. The Morgan fingerprint density at radius 3 is 2.91 bits per heavy atom. The molecule has 3 rings (SSSR count). The number of hydrogen-bond donors (Lipinski definition) is 1. The fourth-order valence-corrected chi connectivity index (χ4v) is 3.11. The van der Waals surface area contributed by atoms with Gasteiger partial charge in [-0.3, -0.25) is 0 Å². The number of aromatic nitrogens is 1. The van der Waals surface area contributed by atoms with Crippen LogP contribution in [0, 0.1) is 11.8 Å². The predicted molar refractivity (Wildman–Crippen MR) is 94.8 cm³/mol. The number of nitrogens with zero attached hydrogens (tertiary/aromatic N) is 1. The fraction of sp³-hybridized carbons (Fsp3) is 0.211. The summed E-state index contributed by atoms with van der Waals surface area (Å²) in [5.41, 5.74) is 11.9. The van der Waals surface area contributed by atoms with E-state index in [9.17, 15) is 0 Å². The number of unbranched alkanes of at least 4 members (excludes halogenated alkanes) is 2. The second kappa shape index (κ2) is 7.22. The van der Waals surface area contributed by atoms with Gasteiger partial charge in [-0.15, -0.1) is 11.3 Å². The van der Waals surface area contributed by atoms with E-state index >= 15 is 0 Å². The third-order valence-corrected chi connectivity index (χ3v) is 4.32. The number of nitrogens with two attached hydrogens (primary N) is 1. The van der Waals surface area contributed by atoms with Crippen LogP contribution in [0.15, 0.2) is 48.0 Å². The molecule has 1 aromatic heterocycles. The summed E-state index contributed by atoms with van der Waals surface area (Å²) in [6.45, 7) is 0.745. The molecule has 0 atom stereocenters. The zero-order valence-corrected chi connectivity index (χ0v) is 13.2. The first-order valence-corrected chi connectivity index (χ1v) is 8.38. The van der Waals surface area contributed by atoms with Crippen LogP contribution in [-0.2, 0) is 0 Å². The predicted octanol–water partition coefficient (Wildman–Crippen LogP) is 4.44. The van der Waals surface area contributed by atoms with Crippen molar-refractivity contribution in [3.8, 4) is 23.0 Å². The highest BCUT2D eigenvalue weighted by Gasteiger charge is 2.05. The molecule has 0 aliphatic rings. The molecule has 0 amide bonds. The van der Waals surface area contributed by atoms with E-state index in [-0.39, 0.29) is 0 Å². The second-order valence-corrected chi connectivity index (χ2v) is 6.02. The van der Waals surface area contributed by atoms with Gasteiger partial charge in [0.2, 0.25) is 0 Å². The SMILES string of the molecule is NCCCCC#Cc1cccc(-c2cccc3scnc23)c1. The van der Waals surface area contributed by atoms with Gasteiger partial charge in [0.15, 0.2) is 0 Å². The smallest absolute Gasteiger partial charge is 0.0890 e. The summed E-state index contributed by atoms with van der Waals surface area (Å²) in [5, 5.41) is 0. The van der Waals surface area contributed by atoms with Crippen LogP contribution in [0.5, 0.6) is 0 Å². The zero-order chi connectivity index (χ0) is 15.2. The van der Waals surface area contributed by atoms with Crippen molar-refractivity contribution >= 4 is 21.6 Å². The lowest BCUT2D eigenvalue weighted by molar-refractivity contribution is 0.768. The average Bonchev–Trinajstić information content (AvgIpc) is 3.03. The number of hydrogen-bond acceptors (Lipinski definition) is 3. The van der Waals surface area contributed by atoms with Gasteiger partial charge in [0.05, 0.1) is 15.7 Å². The van der Waals surface area contributed by atoms with E-state index in [4.69, 9.17) is 5.73 Å². The number of rotatable bonds is 4. The molecule has 0 unspecified atom stereocenters. The molecule has 110 valence electrons. The van der Waals surface area contributed by atoms with Gasteiger partial charge in [-0.1, -0.05) is 36.1 Å². The molecular formula is C19H18N2S. The Morgan fingerprint density at radius 1 is 1.09 bits per heavy atom. The summed E-state index contributed by atoms with van der Waals surface area (Å²) in [5.74, 6) is 6.48. The molecule has 2 aromatic carbocycles. The Bertz CT molecular complexity index is 824. The molecule has 0 saturated heterocycles. The van der Waals surface area contributed by atoms with Crippen LogP contribution in [-0.4, -0.2) is 11.5 Å².